The molecule has 1 aliphatic heterocycles. The van der Waals surface area contributed by atoms with Crippen molar-refractivity contribution in [3.8, 4) is 0 Å². The molecule has 138 valence electrons. The summed E-state index contributed by atoms with van der Waals surface area (Å²) in [5, 5.41) is 3.45. The second-order valence-electron chi connectivity index (χ2n) is 7.82. The lowest BCUT2D eigenvalue weighted by Crippen LogP contribution is -2.47. The van der Waals surface area contributed by atoms with Crippen LogP contribution in [0.3, 0.4) is 0 Å². The predicted molar refractivity (Wildman–Crippen MR) is 102 cm³/mol. The van der Waals surface area contributed by atoms with E-state index in [0.29, 0.717) is 0 Å². The number of hydrogen-bond donors (Lipinski definition) is 1. The smallest absolute Gasteiger partial charge is 0.0778 e. The quantitative estimate of drug-likeness (QED) is 0.360. The van der Waals surface area contributed by atoms with E-state index in [2.05, 4.69) is 19.2 Å². The third-order valence-electron chi connectivity index (χ3n) is 5.29. The number of morpholine rings is 1. The van der Waals surface area contributed by atoms with Crippen molar-refractivity contribution in [2.75, 3.05) is 19.7 Å². The zero-order valence-electron chi connectivity index (χ0n) is 16.1. The van der Waals surface area contributed by atoms with Gasteiger partial charge >= 0.3 is 0 Å². The highest BCUT2D eigenvalue weighted by molar-refractivity contribution is 4.81. The maximum atomic E-state index is 5.92. The van der Waals surface area contributed by atoms with Crippen molar-refractivity contribution in [3.05, 3.63) is 0 Å². The second kappa shape index (κ2) is 14.3. The van der Waals surface area contributed by atoms with Crippen LogP contribution in [0.4, 0.5) is 0 Å². The average molecular weight is 326 g/mol. The van der Waals surface area contributed by atoms with Gasteiger partial charge < -0.3 is 10.1 Å². The van der Waals surface area contributed by atoms with Crippen molar-refractivity contribution in [1.82, 2.24) is 5.32 Å². The Balaban J connectivity index is 1.74. The third-order valence-corrected chi connectivity index (χ3v) is 5.29. The topological polar surface area (TPSA) is 21.3 Å². The van der Waals surface area contributed by atoms with Crippen molar-refractivity contribution >= 4 is 0 Å². The van der Waals surface area contributed by atoms with Gasteiger partial charge in [0.1, 0.15) is 0 Å². The number of ether oxygens (including phenoxy) is 1. The molecule has 1 aliphatic rings. The van der Waals surface area contributed by atoms with Gasteiger partial charge in [0.15, 0.2) is 0 Å². The largest absolute Gasteiger partial charge is 0.373 e. The molecule has 1 heterocycles. The molecule has 1 saturated heterocycles. The van der Waals surface area contributed by atoms with E-state index in [4.69, 9.17) is 4.74 Å². The van der Waals surface area contributed by atoms with Crippen LogP contribution >= 0.6 is 0 Å². The first-order chi connectivity index (χ1) is 11.3. The Bertz CT molecular complexity index is 248. The highest BCUT2D eigenvalue weighted by Gasteiger charge is 2.26. The van der Waals surface area contributed by atoms with Crippen LogP contribution in [-0.4, -0.2) is 25.3 Å². The van der Waals surface area contributed by atoms with Crippen LogP contribution < -0.4 is 5.32 Å². The number of hydrogen-bond acceptors (Lipinski definition) is 2. The fourth-order valence-electron chi connectivity index (χ4n) is 3.63. The van der Waals surface area contributed by atoms with E-state index in [1.165, 1.54) is 96.3 Å². The molecule has 0 amide bonds. The molecule has 0 aromatic rings. The van der Waals surface area contributed by atoms with Crippen LogP contribution in [0.15, 0.2) is 0 Å². The van der Waals surface area contributed by atoms with Gasteiger partial charge in [-0.3, -0.25) is 0 Å². The minimum absolute atomic E-state index is 0.107. The molecule has 0 saturated carbocycles. The van der Waals surface area contributed by atoms with Gasteiger partial charge in [-0.2, -0.15) is 0 Å². The highest BCUT2D eigenvalue weighted by Crippen LogP contribution is 2.21. The zero-order chi connectivity index (χ0) is 16.6. The Labute approximate surface area is 146 Å². The van der Waals surface area contributed by atoms with E-state index in [1.807, 2.05) is 0 Å². The number of rotatable bonds is 15. The van der Waals surface area contributed by atoms with E-state index in [-0.39, 0.29) is 5.60 Å². The molecule has 1 unspecified atom stereocenters. The molecule has 0 radical (unpaired) electrons. The molecule has 2 nitrogen and oxygen atoms in total. The fraction of sp³-hybridized carbons (Fsp3) is 1.00. The molecular weight excluding hydrogens is 282 g/mol. The second-order valence-corrected chi connectivity index (χ2v) is 7.82. The van der Waals surface area contributed by atoms with Crippen molar-refractivity contribution in [3.63, 3.8) is 0 Å². The highest BCUT2D eigenvalue weighted by atomic mass is 16.5. The maximum Gasteiger partial charge on any atom is 0.0778 e. The number of nitrogens with one attached hydrogen (secondary N) is 1. The monoisotopic (exact) mass is 325 g/mol. The zero-order valence-corrected chi connectivity index (χ0v) is 16.1. The molecular formula is C21H43NO. The van der Waals surface area contributed by atoms with Gasteiger partial charge in [0.25, 0.3) is 0 Å². The molecule has 0 aromatic heterocycles. The van der Waals surface area contributed by atoms with Gasteiger partial charge in [0, 0.05) is 13.1 Å². The van der Waals surface area contributed by atoms with Gasteiger partial charge in [-0.15, -0.1) is 0 Å². The third kappa shape index (κ3) is 12.0. The first-order valence-electron chi connectivity index (χ1n) is 10.6. The van der Waals surface area contributed by atoms with Crippen LogP contribution in [0, 0.1) is 0 Å². The molecule has 1 rings (SSSR count). The standard InChI is InChI=1S/C21H43NO/c1-3-4-5-6-7-8-9-10-11-12-13-14-15-16-17-21(2)20-22-18-19-23-21/h22H,3-20H2,1-2H3. The lowest BCUT2D eigenvalue weighted by Gasteiger charge is -2.34. The molecule has 1 atom stereocenters. The SMILES string of the molecule is CCCCCCCCCCCCCCCCC1(C)CNCCO1. The minimum atomic E-state index is 0.107. The molecule has 1 fully saturated rings. The van der Waals surface area contributed by atoms with Gasteiger partial charge in [-0.05, 0) is 13.3 Å². The molecule has 0 aliphatic carbocycles. The van der Waals surface area contributed by atoms with Gasteiger partial charge in [0.05, 0.1) is 12.2 Å². The molecule has 1 N–H and O–H groups in total. The average Bonchev–Trinajstić information content (AvgIpc) is 2.56. The fourth-order valence-corrected chi connectivity index (χ4v) is 3.63. The molecule has 0 spiro atoms. The van der Waals surface area contributed by atoms with Crippen LogP contribution in [0.2, 0.25) is 0 Å². The predicted octanol–water partition coefficient (Wildman–Crippen LogP) is 6.24. The summed E-state index contributed by atoms with van der Waals surface area (Å²) in [6.07, 6.45) is 21.3. The summed E-state index contributed by atoms with van der Waals surface area (Å²) in [6.45, 7) is 7.50. The molecule has 0 bridgehead atoms. The van der Waals surface area contributed by atoms with Crippen molar-refractivity contribution in [2.45, 2.75) is 116 Å². The van der Waals surface area contributed by atoms with Gasteiger partial charge in [-0.1, -0.05) is 96.8 Å². The van der Waals surface area contributed by atoms with Crippen LogP contribution in [-0.2, 0) is 4.74 Å². The van der Waals surface area contributed by atoms with Crippen molar-refractivity contribution < 1.29 is 4.74 Å². The summed E-state index contributed by atoms with van der Waals surface area (Å²) in [5.74, 6) is 0. The summed E-state index contributed by atoms with van der Waals surface area (Å²) < 4.78 is 5.92. The van der Waals surface area contributed by atoms with E-state index in [1.54, 1.807) is 0 Å². The minimum Gasteiger partial charge on any atom is -0.373 e. The van der Waals surface area contributed by atoms with Crippen molar-refractivity contribution in [1.29, 1.82) is 0 Å². The summed E-state index contributed by atoms with van der Waals surface area (Å²) >= 11 is 0. The van der Waals surface area contributed by atoms with Crippen LogP contribution in [0.1, 0.15) is 110 Å². The Morgan fingerprint density at radius 2 is 1.22 bits per heavy atom. The van der Waals surface area contributed by atoms with Crippen LogP contribution in [0.5, 0.6) is 0 Å². The maximum absolute atomic E-state index is 5.92. The first-order valence-corrected chi connectivity index (χ1v) is 10.6. The molecule has 0 aromatic carbocycles. The Kier molecular flexibility index (Phi) is 13.0. The summed E-state index contributed by atoms with van der Waals surface area (Å²) in [4.78, 5) is 0. The first kappa shape index (κ1) is 21.0. The summed E-state index contributed by atoms with van der Waals surface area (Å²) in [6, 6.07) is 0. The lowest BCUT2D eigenvalue weighted by molar-refractivity contribution is -0.0589. The Hall–Kier alpha value is -0.0800. The van der Waals surface area contributed by atoms with E-state index in [9.17, 15) is 0 Å². The Morgan fingerprint density at radius 1 is 0.739 bits per heavy atom. The lowest BCUT2D eigenvalue weighted by atomic mass is 9.96. The molecule has 2 heteroatoms. The van der Waals surface area contributed by atoms with Gasteiger partial charge in [-0.25, -0.2) is 0 Å². The van der Waals surface area contributed by atoms with E-state index in [0.717, 1.165) is 19.7 Å². The van der Waals surface area contributed by atoms with E-state index < -0.39 is 0 Å². The summed E-state index contributed by atoms with van der Waals surface area (Å²) in [5.41, 5.74) is 0.107. The normalized spacial score (nSPS) is 21.7. The van der Waals surface area contributed by atoms with Crippen molar-refractivity contribution in [2.24, 2.45) is 0 Å². The number of unbranched alkanes of at least 4 members (excludes halogenated alkanes) is 13. The van der Waals surface area contributed by atoms with Gasteiger partial charge in [0.2, 0.25) is 0 Å². The molecule has 23 heavy (non-hydrogen) atoms. The summed E-state index contributed by atoms with van der Waals surface area (Å²) in [7, 11) is 0. The Morgan fingerprint density at radius 3 is 1.65 bits per heavy atom. The van der Waals surface area contributed by atoms with E-state index >= 15 is 0 Å². The van der Waals surface area contributed by atoms with Crippen LogP contribution in [0.25, 0.3) is 0 Å².